The van der Waals surface area contributed by atoms with Crippen molar-refractivity contribution in [3.8, 4) is 0 Å². The summed E-state index contributed by atoms with van der Waals surface area (Å²) in [5.74, 6) is 1.15. The zero-order valence-corrected chi connectivity index (χ0v) is 17.2. The first kappa shape index (κ1) is 18.6. The number of nitrogens with zero attached hydrogens (tertiary/aromatic N) is 1. The van der Waals surface area contributed by atoms with Crippen molar-refractivity contribution in [3.63, 3.8) is 0 Å². The predicted octanol–water partition coefficient (Wildman–Crippen LogP) is 4.99. The molecular weight excluding hydrogens is 352 g/mol. The van der Waals surface area contributed by atoms with Crippen LogP contribution in [0.25, 0.3) is 0 Å². The Hall–Kier alpha value is -2.42. The van der Waals surface area contributed by atoms with Gasteiger partial charge in [-0.25, -0.2) is 0 Å². The third-order valence-electron chi connectivity index (χ3n) is 7.00. The molecule has 2 heteroatoms. The maximum absolute atomic E-state index is 4.00. The number of fused-ring (bicyclic) bond motifs is 2. The van der Waals surface area contributed by atoms with Crippen LogP contribution in [0.2, 0.25) is 0 Å². The fourth-order valence-electron chi connectivity index (χ4n) is 5.53. The molecule has 1 N–H and O–H groups in total. The molecule has 4 unspecified atom stereocenters. The van der Waals surface area contributed by atoms with Crippen LogP contribution >= 0.6 is 0 Å². The third kappa shape index (κ3) is 3.63. The molecular formula is C27H30N2. The molecule has 29 heavy (non-hydrogen) atoms. The third-order valence-corrected chi connectivity index (χ3v) is 7.00. The quantitative estimate of drug-likeness (QED) is 0.646. The smallest absolute Gasteiger partial charge is 0.0362 e. The zero-order chi connectivity index (χ0) is 19.6. The Kier molecular flexibility index (Phi) is 5.22. The maximum Gasteiger partial charge on any atom is 0.0362 e. The summed E-state index contributed by atoms with van der Waals surface area (Å²) in [6, 6.07) is 32.0. The average molecular weight is 383 g/mol. The van der Waals surface area contributed by atoms with E-state index in [0.29, 0.717) is 18.0 Å². The van der Waals surface area contributed by atoms with Gasteiger partial charge in [0.05, 0.1) is 0 Å². The Labute approximate surface area is 174 Å². The minimum absolute atomic E-state index is 0.400. The molecule has 3 aromatic rings. The van der Waals surface area contributed by atoms with Gasteiger partial charge < -0.3 is 5.32 Å². The van der Waals surface area contributed by atoms with Gasteiger partial charge in [-0.3, -0.25) is 4.90 Å². The molecule has 0 aliphatic carbocycles. The molecule has 148 valence electrons. The van der Waals surface area contributed by atoms with Gasteiger partial charge in [0.1, 0.15) is 0 Å². The van der Waals surface area contributed by atoms with Gasteiger partial charge >= 0.3 is 0 Å². The molecule has 0 radical (unpaired) electrons. The van der Waals surface area contributed by atoms with Crippen LogP contribution in [0.1, 0.15) is 34.6 Å². The van der Waals surface area contributed by atoms with Gasteiger partial charge in [-0.2, -0.15) is 0 Å². The monoisotopic (exact) mass is 382 g/mol. The summed E-state index contributed by atoms with van der Waals surface area (Å²) >= 11 is 0. The second-order valence-electron chi connectivity index (χ2n) is 8.67. The van der Waals surface area contributed by atoms with Gasteiger partial charge in [0.2, 0.25) is 0 Å². The lowest BCUT2D eigenvalue weighted by molar-refractivity contribution is 0.197. The highest BCUT2D eigenvalue weighted by molar-refractivity contribution is 5.36. The lowest BCUT2D eigenvalue weighted by Crippen LogP contribution is -2.51. The van der Waals surface area contributed by atoms with Crippen molar-refractivity contribution in [3.05, 3.63) is 107 Å². The molecule has 2 aliphatic heterocycles. The molecule has 2 aliphatic rings. The van der Waals surface area contributed by atoms with Crippen molar-refractivity contribution in [1.82, 2.24) is 10.2 Å². The standard InChI is InChI=1S/C27H30N2/c1-20-10-8-9-15-23(20)18-28-26-24-16-17-29(19-24)27(26)25(21-11-4-2-5-12-21)22-13-6-3-7-14-22/h2-15,24-28H,16-19H2,1H3. The lowest BCUT2D eigenvalue weighted by atomic mass is 9.78. The molecule has 0 aromatic heterocycles. The Bertz CT molecular complexity index is 898. The van der Waals surface area contributed by atoms with Crippen LogP contribution in [-0.2, 0) is 6.54 Å². The van der Waals surface area contributed by atoms with Crippen LogP contribution in [0.5, 0.6) is 0 Å². The summed E-state index contributed by atoms with van der Waals surface area (Å²) in [7, 11) is 0. The average Bonchev–Trinajstić information content (AvgIpc) is 3.37. The van der Waals surface area contributed by atoms with Gasteiger partial charge in [-0.05, 0) is 48.1 Å². The SMILES string of the molecule is Cc1ccccc1CNC1C2CCN(C2)C1C(c1ccccc1)c1ccccc1. The molecule has 2 fully saturated rings. The number of piperidine rings is 1. The topological polar surface area (TPSA) is 15.3 Å². The molecule has 2 bridgehead atoms. The van der Waals surface area contributed by atoms with Crippen LogP contribution in [0.3, 0.4) is 0 Å². The summed E-state index contributed by atoms with van der Waals surface area (Å²) < 4.78 is 0. The number of rotatable bonds is 6. The molecule has 3 aromatic carbocycles. The van der Waals surface area contributed by atoms with E-state index in [-0.39, 0.29) is 0 Å². The van der Waals surface area contributed by atoms with E-state index in [1.807, 2.05) is 0 Å². The molecule has 0 spiro atoms. The highest BCUT2D eigenvalue weighted by atomic mass is 15.3. The Morgan fingerprint density at radius 3 is 2.14 bits per heavy atom. The number of hydrogen-bond acceptors (Lipinski definition) is 2. The van der Waals surface area contributed by atoms with Crippen LogP contribution < -0.4 is 5.32 Å². The normalized spacial score (nSPS) is 25.6. The Balaban J connectivity index is 1.48. The number of hydrogen-bond donors (Lipinski definition) is 1. The van der Waals surface area contributed by atoms with E-state index >= 15 is 0 Å². The predicted molar refractivity (Wildman–Crippen MR) is 120 cm³/mol. The summed E-state index contributed by atoms with van der Waals surface area (Å²) in [6.07, 6.45) is 1.32. The fraction of sp³-hybridized carbons (Fsp3) is 0.333. The largest absolute Gasteiger partial charge is 0.308 e. The van der Waals surface area contributed by atoms with Crippen LogP contribution in [0, 0.1) is 12.8 Å². The minimum atomic E-state index is 0.400. The van der Waals surface area contributed by atoms with Crippen LogP contribution in [-0.4, -0.2) is 30.1 Å². The van der Waals surface area contributed by atoms with E-state index in [1.165, 1.54) is 41.8 Å². The molecule has 0 saturated carbocycles. The molecule has 2 nitrogen and oxygen atoms in total. The lowest BCUT2D eigenvalue weighted by Gasteiger charge is -2.39. The van der Waals surface area contributed by atoms with E-state index < -0.39 is 0 Å². The second-order valence-corrected chi connectivity index (χ2v) is 8.67. The van der Waals surface area contributed by atoms with Crippen molar-refractivity contribution >= 4 is 0 Å². The molecule has 0 amide bonds. The fourth-order valence-corrected chi connectivity index (χ4v) is 5.53. The summed E-state index contributed by atoms with van der Waals surface area (Å²) in [5.41, 5.74) is 5.65. The Morgan fingerprint density at radius 2 is 1.48 bits per heavy atom. The van der Waals surface area contributed by atoms with Gasteiger partial charge in [-0.15, -0.1) is 0 Å². The van der Waals surface area contributed by atoms with Crippen LogP contribution in [0.4, 0.5) is 0 Å². The van der Waals surface area contributed by atoms with Crippen molar-refractivity contribution in [2.75, 3.05) is 13.1 Å². The number of benzene rings is 3. The maximum atomic E-state index is 4.00. The minimum Gasteiger partial charge on any atom is -0.308 e. The Morgan fingerprint density at radius 1 is 0.862 bits per heavy atom. The van der Waals surface area contributed by atoms with Gasteiger partial charge in [0.25, 0.3) is 0 Å². The summed E-state index contributed by atoms with van der Waals surface area (Å²) in [6.45, 7) is 5.63. The molecule has 4 atom stereocenters. The van der Waals surface area contributed by atoms with Crippen molar-refractivity contribution < 1.29 is 0 Å². The van der Waals surface area contributed by atoms with Gasteiger partial charge in [-0.1, -0.05) is 84.9 Å². The number of aryl methyl sites for hydroxylation is 1. The van der Waals surface area contributed by atoms with Gasteiger partial charge in [0.15, 0.2) is 0 Å². The first-order valence-electron chi connectivity index (χ1n) is 10.9. The zero-order valence-electron chi connectivity index (χ0n) is 17.2. The van der Waals surface area contributed by atoms with Crippen molar-refractivity contribution in [2.24, 2.45) is 5.92 Å². The van der Waals surface area contributed by atoms with E-state index in [2.05, 4.69) is 102 Å². The van der Waals surface area contributed by atoms with Crippen molar-refractivity contribution in [2.45, 2.75) is 37.9 Å². The van der Waals surface area contributed by atoms with Crippen LogP contribution in [0.15, 0.2) is 84.9 Å². The summed E-state index contributed by atoms with van der Waals surface area (Å²) in [5, 5.41) is 4.00. The highest BCUT2D eigenvalue weighted by Gasteiger charge is 2.49. The van der Waals surface area contributed by atoms with Gasteiger partial charge in [0, 0.05) is 31.1 Å². The van der Waals surface area contributed by atoms with E-state index in [4.69, 9.17) is 0 Å². The highest BCUT2D eigenvalue weighted by Crippen LogP contribution is 2.43. The van der Waals surface area contributed by atoms with Crippen molar-refractivity contribution in [1.29, 1.82) is 0 Å². The number of nitrogens with one attached hydrogen (secondary N) is 1. The first-order chi connectivity index (χ1) is 14.3. The molecule has 2 heterocycles. The first-order valence-corrected chi connectivity index (χ1v) is 10.9. The second kappa shape index (κ2) is 8.14. The van der Waals surface area contributed by atoms with E-state index in [9.17, 15) is 0 Å². The van der Waals surface area contributed by atoms with E-state index in [0.717, 1.165) is 12.5 Å². The molecule has 2 saturated heterocycles. The molecule has 5 rings (SSSR count). The van der Waals surface area contributed by atoms with E-state index in [1.54, 1.807) is 0 Å². The summed E-state index contributed by atoms with van der Waals surface area (Å²) in [4.78, 5) is 2.74.